The number of fused-ring (bicyclic) bond motifs is 2. The minimum atomic E-state index is -1.04. The minimum Gasteiger partial charge on any atom is -0.481 e. The molecule has 240 valence electrons. The molecule has 4 N–H and O–H groups in total. The summed E-state index contributed by atoms with van der Waals surface area (Å²) < 4.78 is 1.60. The lowest BCUT2D eigenvalue weighted by Gasteiger charge is -2.39. The van der Waals surface area contributed by atoms with Gasteiger partial charge in [0, 0.05) is 31.0 Å². The van der Waals surface area contributed by atoms with Gasteiger partial charge in [-0.15, -0.1) is 0 Å². The van der Waals surface area contributed by atoms with E-state index in [9.17, 15) is 24.0 Å². The number of piperidine rings is 1. The fourth-order valence-electron chi connectivity index (χ4n) is 6.15. The maximum atomic E-state index is 14.0. The Hall–Kier alpha value is -4.09. The SMILES string of the molecule is CCC(C)[C@@H]1NC(=O)[C@H](Cc2cn(OC)c3ccccc23)NC(=O)[C@H](CCCCCC(=O)O)NC(=O)[C@H]2CCCCN2C1=O. The number of nitrogens with one attached hydrogen (secondary N) is 3. The van der Waals surface area contributed by atoms with Gasteiger partial charge in [-0.25, -0.2) is 0 Å². The lowest BCUT2D eigenvalue weighted by molar-refractivity contribution is -0.147. The van der Waals surface area contributed by atoms with E-state index in [1.54, 1.807) is 22.9 Å². The maximum Gasteiger partial charge on any atom is 0.303 e. The third kappa shape index (κ3) is 7.70. The van der Waals surface area contributed by atoms with E-state index in [2.05, 4.69) is 16.0 Å². The van der Waals surface area contributed by atoms with Gasteiger partial charge in [0.25, 0.3) is 0 Å². The van der Waals surface area contributed by atoms with Crippen molar-refractivity contribution in [1.82, 2.24) is 25.6 Å². The van der Waals surface area contributed by atoms with E-state index in [0.29, 0.717) is 38.6 Å². The Morgan fingerprint density at radius 3 is 2.45 bits per heavy atom. The van der Waals surface area contributed by atoms with Crippen molar-refractivity contribution in [3.63, 3.8) is 0 Å². The largest absolute Gasteiger partial charge is 0.481 e. The molecule has 1 aromatic carbocycles. The fourth-order valence-corrected chi connectivity index (χ4v) is 6.15. The van der Waals surface area contributed by atoms with Crippen molar-refractivity contribution >= 4 is 40.5 Å². The summed E-state index contributed by atoms with van der Waals surface area (Å²) in [5, 5.41) is 18.6. The molecule has 4 amide bonds. The van der Waals surface area contributed by atoms with Crippen LogP contribution in [-0.2, 0) is 30.4 Å². The van der Waals surface area contributed by atoms with E-state index in [1.807, 2.05) is 38.1 Å². The molecule has 4 rings (SSSR count). The zero-order valence-electron chi connectivity index (χ0n) is 25.8. The molecule has 1 aromatic heterocycles. The molecular formula is C32H45N5O7. The number of carbonyl (C=O) groups is 5. The molecule has 2 aliphatic rings. The summed E-state index contributed by atoms with van der Waals surface area (Å²) in [4.78, 5) is 73.4. The van der Waals surface area contributed by atoms with Gasteiger partial charge in [0.05, 0.1) is 5.52 Å². The summed E-state index contributed by atoms with van der Waals surface area (Å²) in [6.45, 7) is 4.24. The van der Waals surface area contributed by atoms with Crippen LogP contribution in [0.5, 0.6) is 0 Å². The first-order valence-corrected chi connectivity index (χ1v) is 15.7. The monoisotopic (exact) mass is 611 g/mol. The quantitative estimate of drug-likeness (QED) is 0.284. The van der Waals surface area contributed by atoms with Gasteiger partial charge in [-0.3, -0.25) is 24.0 Å². The summed E-state index contributed by atoms with van der Waals surface area (Å²) in [5.74, 6) is -2.75. The van der Waals surface area contributed by atoms with Crippen LogP contribution in [0.15, 0.2) is 30.5 Å². The van der Waals surface area contributed by atoms with Crippen LogP contribution in [-0.4, -0.2) is 82.2 Å². The molecule has 0 bridgehead atoms. The molecule has 12 heteroatoms. The molecule has 0 saturated carbocycles. The van der Waals surface area contributed by atoms with Crippen molar-refractivity contribution in [2.75, 3.05) is 13.7 Å². The van der Waals surface area contributed by atoms with Crippen LogP contribution >= 0.6 is 0 Å². The molecule has 1 unspecified atom stereocenters. The number of nitrogens with zero attached hydrogens (tertiary/aromatic N) is 2. The summed E-state index contributed by atoms with van der Waals surface area (Å²) >= 11 is 0. The van der Waals surface area contributed by atoms with Gasteiger partial charge in [-0.05, 0) is 49.7 Å². The topological polar surface area (TPSA) is 159 Å². The number of carbonyl (C=O) groups excluding carboxylic acids is 4. The maximum absolute atomic E-state index is 14.0. The summed E-state index contributed by atoms with van der Waals surface area (Å²) in [5.41, 5.74) is 1.58. The average molecular weight is 612 g/mol. The highest BCUT2D eigenvalue weighted by Crippen LogP contribution is 2.24. The van der Waals surface area contributed by atoms with Gasteiger partial charge in [-0.2, -0.15) is 4.73 Å². The number of benzene rings is 1. The van der Waals surface area contributed by atoms with Gasteiger partial charge in [0.15, 0.2) is 0 Å². The zero-order chi connectivity index (χ0) is 31.8. The Balaban J connectivity index is 1.68. The van der Waals surface area contributed by atoms with Gasteiger partial charge in [-0.1, -0.05) is 51.3 Å². The van der Waals surface area contributed by atoms with E-state index >= 15 is 0 Å². The number of unbranched alkanes of at least 4 members (excludes halogenated alkanes) is 2. The van der Waals surface area contributed by atoms with E-state index in [0.717, 1.165) is 29.3 Å². The van der Waals surface area contributed by atoms with Crippen LogP contribution in [0.2, 0.25) is 0 Å². The van der Waals surface area contributed by atoms with Gasteiger partial charge >= 0.3 is 5.97 Å². The van der Waals surface area contributed by atoms with E-state index in [4.69, 9.17) is 9.94 Å². The van der Waals surface area contributed by atoms with E-state index in [-0.39, 0.29) is 31.1 Å². The molecule has 3 heterocycles. The number of aromatic nitrogens is 1. The van der Waals surface area contributed by atoms with Crippen LogP contribution in [0.1, 0.15) is 77.2 Å². The minimum absolute atomic E-state index is 0.0248. The number of carboxylic acid groups (broad SMARTS) is 1. The van der Waals surface area contributed by atoms with Crippen molar-refractivity contribution in [2.24, 2.45) is 5.92 Å². The van der Waals surface area contributed by atoms with Crippen LogP contribution < -0.4 is 20.8 Å². The smallest absolute Gasteiger partial charge is 0.303 e. The normalized spacial score (nSPS) is 23.9. The number of aliphatic carboxylic acids is 1. The third-order valence-electron chi connectivity index (χ3n) is 8.90. The number of rotatable bonds is 11. The molecule has 2 aromatic rings. The highest BCUT2D eigenvalue weighted by molar-refractivity contribution is 5.98. The predicted molar refractivity (Wildman–Crippen MR) is 163 cm³/mol. The molecule has 2 aliphatic heterocycles. The lowest BCUT2D eigenvalue weighted by atomic mass is 9.93. The second-order valence-electron chi connectivity index (χ2n) is 11.9. The van der Waals surface area contributed by atoms with Crippen molar-refractivity contribution in [3.8, 4) is 0 Å². The average Bonchev–Trinajstić information content (AvgIpc) is 3.38. The van der Waals surface area contributed by atoms with Crippen LogP contribution in [0.4, 0.5) is 0 Å². The van der Waals surface area contributed by atoms with Crippen molar-refractivity contribution in [2.45, 2.75) is 102 Å². The van der Waals surface area contributed by atoms with Crippen LogP contribution in [0, 0.1) is 5.92 Å². The Morgan fingerprint density at radius 2 is 1.73 bits per heavy atom. The number of amides is 4. The molecule has 0 radical (unpaired) electrons. The molecule has 0 aliphatic carbocycles. The number of hydrogen-bond acceptors (Lipinski definition) is 6. The lowest BCUT2D eigenvalue weighted by Crippen LogP contribution is -2.64. The Bertz CT molecular complexity index is 1360. The highest BCUT2D eigenvalue weighted by atomic mass is 16.6. The van der Waals surface area contributed by atoms with Gasteiger partial charge < -0.3 is 30.8 Å². The number of hydrogen-bond donors (Lipinski definition) is 4. The summed E-state index contributed by atoms with van der Waals surface area (Å²) in [6.07, 6.45) is 6.34. The first-order valence-electron chi connectivity index (χ1n) is 15.7. The first-order chi connectivity index (χ1) is 21.1. The Labute approximate surface area is 257 Å². The molecule has 12 nitrogen and oxygen atoms in total. The fraction of sp³-hybridized carbons (Fsp3) is 0.594. The van der Waals surface area contributed by atoms with Crippen LogP contribution in [0.3, 0.4) is 0 Å². The molecule has 2 saturated heterocycles. The molecule has 5 atom stereocenters. The second kappa shape index (κ2) is 15.1. The summed E-state index contributed by atoms with van der Waals surface area (Å²) in [7, 11) is 1.54. The standard InChI is InChI=1S/C32H45N5O7/c1-4-20(2)28-32(43)36-17-11-10-15-26(36)31(42)33-23(13-6-5-7-16-27(38)39)29(40)34-24(30(41)35-28)18-21-19-37(44-3)25-14-9-8-12-22(21)25/h8-9,12,14,19-20,23-24,26,28H,4-7,10-11,13,15-18H2,1-3H3,(H,33,42)(H,34,40)(H,35,41)(H,38,39)/t20?,23-,24-,26+,28-/m0/s1. The summed E-state index contributed by atoms with van der Waals surface area (Å²) in [6, 6.07) is 3.98. The number of carboxylic acids is 1. The van der Waals surface area contributed by atoms with Gasteiger partial charge in [0.1, 0.15) is 31.3 Å². The second-order valence-corrected chi connectivity index (χ2v) is 11.9. The van der Waals surface area contributed by atoms with Crippen molar-refractivity contribution in [3.05, 3.63) is 36.0 Å². The highest BCUT2D eigenvalue weighted by Gasteiger charge is 2.40. The van der Waals surface area contributed by atoms with Crippen LogP contribution in [0.25, 0.3) is 10.9 Å². The number of para-hydroxylation sites is 1. The Morgan fingerprint density at radius 1 is 1.00 bits per heavy atom. The zero-order valence-corrected chi connectivity index (χ0v) is 25.8. The van der Waals surface area contributed by atoms with E-state index in [1.165, 1.54) is 0 Å². The molecule has 2 fully saturated rings. The molecule has 0 spiro atoms. The van der Waals surface area contributed by atoms with Crippen molar-refractivity contribution in [1.29, 1.82) is 0 Å². The predicted octanol–water partition coefficient (Wildman–Crippen LogP) is 2.17. The molecule has 44 heavy (non-hydrogen) atoms. The van der Waals surface area contributed by atoms with Gasteiger partial charge in [0.2, 0.25) is 23.6 Å². The van der Waals surface area contributed by atoms with E-state index < -0.39 is 47.9 Å². The molecular weight excluding hydrogens is 566 g/mol. The Kier molecular flexibility index (Phi) is 11.2. The third-order valence-corrected chi connectivity index (χ3v) is 8.90. The van der Waals surface area contributed by atoms with Crippen molar-refractivity contribution < 1.29 is 33.9 Å². The first kappa shape index (κ1) is 32.8.